The van der Waals surface area contributed by atoms with E-state index in [9.17, 15) is 4.79 Å². The first kappa shape index (κ1) is 18.2. The Hall–Kier alpha value is -2.14. The highest BCUT2D eigenvalue weighted by atomic mass is 32.2. The quantitative estimate of drug-likeness (QED) is 0.715. The fourth-order valence-corrected chi connectivity index (χ4v) is 2.56. The van der Waals surface area contributed by atoms with Crippen LogP contribution in [0, 0.1) is 0 Å². The van der Waals surface area contributed by atoms with E-state index in [1.807, 2.05) is 67.8 Å². The van der Waals surface area contributed by atoms with Crippen molar-refractivity contribution in [1.82, 2.24) is 5.32 Å². The standard InChI is InChI=1S/C19H24N2O2S/c1-14(13-20-16-7-5-4-6-8-16)21-19(22)15(2)23-17-9-11-18(24-3)12-10-17/h4-12,14-15,20H,13H2,1-3H3,(H,21,22)/t14-,15-/m0/s1. The molecule has 24 heavy (non-hydrogen) atoms. The van der Waals surface area contributed by atoms with E-state index in [1.165, 1.54) is 4.90 Å². The van der Waals surface area contributed by atoms with Gasteiger partial charge in [0, 0.05) is 23.2 Å². The average molecular weight is 344 g/mol. The van der Waals surface area contributed by atoms with Crippen LogP contribution in [0.25, 0.3) is 0 Å². The molecule has 5 heteroatoms. The molecule has 2 N–H and O–H groups in total. The van der Waals surface area contributed by atoms with Crippen LogP contribution in [0.2, 0.25) is 0 Å². The monoisotopic (exact) mass is 344 g/mol. The molecule has 0 unspecified atom stereocenters. The minimum absolute atomic E-state index is 0.00243. The first-order chi connectivity index (χ1) is 11.6. The van der Waals surface area contributed by atoms with Gasteiger partial charge < -0.3 is 15.4 Å². The summed E-state index contributed by atoms with van der Waals surface area (Å²) in [4.78, 5) is 13.4. The highest BCUT2D eigenvalue weighted by molar-refractivity contribution is 7.98. The van der Waals surface area contributed by atoms with Crippen LogP contribution < -0.4 is 15.4 Å². The van der Waals surface area contributed by atoms with Crippen molar-refractivity contribution in [2.24, 2.45) is 0 Å². The Balaban J connectivity index is 1.77. The lowest BCUT2D eigenvalue weighted by molar-refractivity contribution is -0.127. The molecule has 128 valence electrons. The Morgan fingerprint density at radius 2 is 1.75 bits per heavy atom. The number of amides is 1. The van der Waals surface area contributed by atoms with E-state index in [2.05, 4.69) is 10.6 Å². The molecule has 0 fully saturated rings. The second-order valence-corrected chi connectivity index (χ2v) is 6.47. The summed E-state index contributed by atoms with van der Waals surface area (Å²) in [5.41, 5.74) is 1.04. The summed E-state index contributed by atoms with van der Waals surface area (Å²) < 4.78 is 5.70. The normalized spacial score (nSPS) is 13.0. The van der Waals surface area contributed by atoms with E-state index in [4.69, 9.17) is 4.74 Å². The maximum absolute atomic E-state index is 12.2. The number of carbonyl (C=O) groups is 1. The Labute approximate surface area is 148 Å². The lowest BCUT2D eigenvalue weighted by Gasteiger charge is -2.19. The first-order valence-corrected chi connectivity index (χ1v) is 9.21. The molecule has 1 amide bonds. The Kier molecular flexibility index (Phi) is 7.00. The van der Waals surface area contributed by atoms with Crippen LogP contribution in [-0.4, -0.2) is 30.9 Å². The maximum Gasteiger partial charge on any atom is 0.261 e. The molecule has 2 rings (SSSR count). The number of nitrogens with one attached hydrogen (secondary N) is 2. The van der Waals surface area contributed by atoms with Gasteiger partial charge in [0.05, 0.1) is 0 Å². The number of ether oxygens (including phenoxy) is 1. The van der Waals surface area contributed by atoms with Crippen LogP contribution in [0.15, 0.2) is 59.5 Å². The van der Waals surface area contributed by atoms with E-state index in [1.54, 1.807) is 18.7 Å². The second-order valence-electron chi connectivity index (χ2n) is 5.59. The van der Waals surface area contributed by atoms with Gasteiger partial charge in [0.25, 0.3) is 5.91 Å². The summed E-state index contributed by atoms with van der Waals surface area (Å²) in [5, 5.41) is 6.26. The lowest BCUT2D eigenvalue weighted by Crippen LogP contribution is -2.43. The van der Waals surface area contributed by atoms with E-state index < -0.39 is 6.10 Å². The summed E-state index contributed by atoms with van der Waals surface area (Å²) in [5.74, 6) is 0.580. The average Bonchev–Trinajstić information content (AvgIpc) is 2.61. The zero-order chi connectivity index (χ0) is 17.4. The van der Waals surface area contributed by atoms with Gasteiger partial charge in [0.2, 0.25) is 0 Å². The SMILES string of the molecule is CSc1ccc(O[C@@H](C)C(=O)N[C@@H](C)CNc2ccccc2)cc1. The molecular weight excluding hydrogens is 320 g/mol. The smallest absolute Gasteiger partial charge is 0.261 e. The van der Waals surface area contributed by atoms with Gasteiger partial charge in [-0.2, -0.15) is 0 Å². The molecule has 0 aromatic heterocycles. The molecule has 0 aliphatic heterocycles. The van der Waals surface area contributed by atoms with Gasteiger partial charge in [-0.25, -0.2) is 0 Å². The predicted molar refractivity (Wildman–Crippen MR) is 101 cm³/mol. The molecule has 0 aliphatic carbocycles. The van der Waals surface area contributed by atoms with Gasteiger partial charge in [-0.05, 0) is 56.5 Å². The predicted octanol–water partition coefficient (Wildman–Crippen LogP) is 3.79. The minimum Gasteiger partial charge on any atom is -0.481 e. The van der Waals surface area contributed by atoms with Crippen molar-refractivity contribution in [2.45, 2.75) is 30.9 Å². The topological polar surface area (TPSA) is 50.4 Å². The Morgan fingerprint density at radius 1 is 1.08 bits per heavy atom. The maximum atomic E-state index is 12.2. The van der Waals surface area contributed by atoms with Crippen molar-refractivity contribution in [1.29, 1.82) is 0 Å². The molecule has 4 nitrogen and oxygen atoms in total. The van der Waals surface area contributed by atoms with Gasteiger partial charge in [-0.3, -0.25) is 4.79 Å². The number of rotatable bonds is 8. The van der Waals surface area contributed by atoms with Crippen molar-refractivity contribution in [3.05, 3.63) is 54.6 Å². The molecule has 0 radical (unpaired) electrons. The third kappa shape index (κ3) is 5.81. The van der Waals surface area contributed by atoms with E-state index in [0.717, 1.165) is 5.69 Å². The van der Waals surface area contributed by atoms with Crippen molar-refractivity contribution in [2.75, 3.05) is 18.1 Å². The number of benzene rings is 2. The molecule has 0 spiro atoms. The van der Waals surface area contributed by atoms with Gasteiger partial charge in [0.15, 0.2) is 6.10 Å². The lowest BCUT2D eigenvalue weighted by atomic mass is 10.2. The molecule has 0 heterocycles. The number of anilines is 1. The van der Waals surface area contributed by atoms with Crippen molar-refractivity contribution in [3.63, 3.8) is 0 Å². The minimum atomic E-state index is -0.538. The highest BCUT2D eigenvalue weighted by Crippen LogP contribution is 2.19. The molecule has 0 aliphatic rings. The summed E-state index contributed by atoms with van der Waals surface area (Å²) >= 11 is 1.67. The zero-order valence-electron chi connectivity index (χ0n) is 14.3. The van der Waals surface area contributed by atoms with Crippen LogP contribution >= 0.6 is 11.8 Å². The van der Waals surface area contributed by atoms with Crippen molar-refractivity contribution in [3.8, 4) is 5.75 Å². The first-order valence-electron chi connectivity index (χ1n) is 7.98. The summed E-state index contributed by atoms with van der Waals surface area (Å²) in [7, 11) is 0. The fraction of sp³-hybridized carbons (Fsp3) is 0.316. The van der Waals surface area contributed by atoms with Crippen LogP contribution in [0.1, 0.15) is 13.8 Å². The van der Waals surface area contributed by atoms with Crippen LogP contribution in [0.3, 0.4) is 0 Å². The van der Waals surface area contributed by atoms with Gasteiger partial charge in [-0.1, -0.05) is 18.2 Å². The Morgan fingerprint density at radius 3 is 2.38 bits per heavy atom. The molecule has 0 bridgehead atoms. The summed E-state index contributed by atoms with van der Waals surface area (Å²) in [6, 6.07) is 17.7. The fourth-order valence-electron chi connectivity index (χ4n) is 2.15. The van der Waals surface area contributed by atoms with Crippen molar-refractivity contribution >= 4 is 23.4 Å². The van der Waals surface area contributed by atoms with E-state index in [-0.39, 0.29) is 11.9 Å². The number of carbonyl (C=O) groups excluding carboxylic acids is 1. The molecule has 2 aromatic rings. The number of hydrogen-bond acceptors (Lipinski definition) is 4. The van der Waals surface area contributed by atoms with E-state index >= 15 is 0 Å². The highest BCUT2D eigenvalue weighted by Gasteiger charge is 2.16. The second kappa shape index (κ2) is 9.23. The number of hydrogen-bond donors (Lipinski definition) is 2. The van der Waals surface area contributed by atoms with Gasteiger partial charge in [-0.15, -0.1) is 11.8 Å². The van der Waals surface area contributed by atoms with Crippen LogP contribution in [0.5, 0.6) is 5.75 Å². The third-order valence-electron chi connectivity index (χ3n) is 3.52. The molecule has 2 aromatic carbocycles. The van der Waals surface area contributed by atoms with E-state index in [0.29, 0.717) is 12.3 Å². The zero-order valence-corrected chi connectivity index (χ0v) is 15.1. The third-order valence-corrected chi connectivity index (χ3v) is 4.26. The summed E-state index contributed by atoms with van der Waals surface area (Å²) in [6.07, 6.45) is 1.49. The molecular formula is C19H24N2O2S. The van der Waals surface area contributed by atoms with Crippen LogP contribution in [0.4, 0.5) is 5.69 Å². The summed E-state index contributed by atoms with van der Waals surface area (Å²) in [6.45, 7) is 4.38. The number of para-hydroxylation sites is 1. The van der Waals surface area contributed by atoms with Gasteiger partial charge in [0.1, 0.15) is 5.75 Å². The van der Waals surface area contributed by atoms with Gasteiger partial charge >= 0.3 is 0 Å². The largest absolute Gasteiger partial charge is 0.481 e. The van der Waals surface area contributed by atoms with Crippen molar-refractivity contribution < 1.29 is 9.53 Å². The Bertz CT molecular complexity index is 632. The molecule has 2 atom stereocenters. The number of thioether (sulfide) groups is 1. The molecule has 0 saturated carbocycles. The molecule has 0 saturated heterocycles. The van der Waals surface area contributed by atoms with Crippen LogP contribution in [-0.2, 0) is 4.79 Å².